The van der Waals surface area contributed by atoms with Gasteiger partial charge in [-0.1, -0.05) is 0 Å². The van der Waals surface area contributed by atoms with Gasteiger partial charge in [0.1, 0.15) is 11.6 Å². The Labute approximate surface area is 161 Å². The molecule has 1 amide bonds. The second-order valence-corrected chi connectivity index (χ2v) is 8.78. The second kappa shape index (κ2) is 6.99. The molecular formula is C19H19FN4O3S. The van der Waals surface area contributed by atoms with Gasteiger partial charge in [0.25, 0.3) is 0 Å². The summed E-state index contributed by atoms with van der Waals surface area (Å²) in [6, 6.07) is 10.1. The van der Waals surface area contributed by atoms with Crippen molar-refractivity contribution in [3.63, 3.8) is 0 Å². The molecule has 4 rings (SSSR count). The minimum Gasteiger partial charge on any atom is -0.342 e. The number of fused-ring (bicyclic) bond motifs is 1. The Balaban J connectivity index is 1.45. The Morgan fingerprint density at radius 3 is 2.75 bits per heavy atom. The zero-order chi connectivity index (χ0) is 19.9. The highest BCUT2D eigenvalue weighted by Crippen LogP contribution is 2.26. The number of aromatic amines is 1. The number of anilines is 1. The molecule has 2 aromatic carbocycles. The van der Waals surface area contributed by atoms with Crippen LogP contribution in [0.2, 0.25) is 0 Å². The number of aromatic nitrogens is 2. The number of sulfonamides is 1. The lowest BCUT2D eigenvalue weighted by atomic mass is 10.1. The van der Waals surface area contributed by atoms with Crippen molar-refractivity contribution in [1.82, 2.24) is 14.3 Å². The van der Waals surface area contributed by atoms with Gasteiger partial charge in [-0.15, -0.1) is 0 Å². The van der Waals surface area contributed by atoms with Crippen molar-refractivity contribution in [2.45, 2.75) is 18.2 Å². The minimum absolute atomic E-state index is 0.0232. The van der Waals surface area contributed by atoms with Gasteiger partial charge in [0.15, 0.2) is 0 Å². The molecule has 1 saturated heterocycles. The lowest BCUT2D eigenvalue weighted by molar-refractivity contribution is -0.119. The van der Waals surface area contributed by atoms with Crippen LogP contribution in [0.25, 0.3) is 11.0 Å². The zero-order valence-electron chi connectivity index (χ0n) is 15.1. The summed E-state index contributed by atoms with van der Waals surface area (Å²) in [6.45, 7) is 2.19. The molecule has 0 radical (unpaired) electrons. The molecule has 0 bridgehead atoms. The SMILES string of the molecule is Cc1nc2ccc(NC(=O)[C@H]3CCN(S(=O)(=O)c4ccc(F)cc4)C3)cc2[nH]1. The van der Waals surface area contributed by atoms with E-state index in [1.165, 1.54) is 16.4 Å². The first-order chi connectivity index (χ1) is 13.3. The molecule has 2 heterocycles. The van der Waals surface area contributed by atoms with Crippen LogP contribution in [0, 0.1) is 18.7 Å². The fourth-order valence-electron chi connectivity index (χ4n) is 3.38. The van der Waals surface area contributed by atoms with Crippen LogP contribution in [0.15, 0.2) is 47.4 Å². The van der Waals surface area contributed by atoms with Crippen molar-refractivity contribution in [3.05, 3.63) is 54.1 Å². The highest BCUT2D eigenvalue weighted by molar-refractivity contribution is 7.89. The molecule has 146 valence electrons. The van der Waals surface area contributed by atoms with Crippen molar-refractivity contribution >= 4 is 32.7 Å². The van der Waals surface area contributed by atoms with E-state index in [9.17, 15) is 17.6 Å². The van der Waals surface area contributed by atoms with Crippen LogP contribution in [-0.4, -0.2) is 41.7 Å². The molecule has 0 spiro atoms. The van der Waals surface area contributed by atoms with Crippen molar-refractivity contribution in [2.75, 3.05) is 18.4 Å². The van der Waals surface area contributed by atoms with Gasteiger partial charge in [0.05, 0.1) is 21.8 Å². The molecule has 28 heavy (non-hydrogen) atoms. The monoisotopic (exact) mass is 402 g/mol. The maximum Gasteiger partial charge on any atom is 0.243 e. The highest BCUT2D eigenvalue weighted by atomic mass is 32.2. The van der Waals surface area contributed by atoms with Crippen LogP contribution in [0.5, 0.6) is 0 Å². The number of carbonyl (C=O) groups is 1. The minimum atomic E-state index is -3.75. The third kappa shape index (κ3) is 3.50. The quantitative estimate of drug-likeness (QED) is 0.701. The first-order valence-electron chi connectivity index (χ1n) is 8.86. The van der Waals surface area contributed by atoms with E-state index in [0.717, 1.165) is 29.0 Å². The third-order valence-corrected chi connectivity index (χ3v) is 6.72. The van der Waals surface area contributed by atoms with Gasteiger partial charge >= 0.3 is 0 Å². The Bertz CT molecular complexity index is 1140. The largest absolute Gasteiger partial charge is 0.342 e. The van der Waals surface area contributed by atoms with E-state index in [0.29, 0.717) is 12.1 Å². The normalized spacial score (nSPS) is 17.9. The molecule has 7 nitrogen and oxygen atoms in total. The van der Waals surface area contributed by atoms with Crippen molar-refractivity contribution in [3.8, 4) is 0 Å². The lowest BCUT2D eigenvalue weighted by Crippen LogP contribution is -2.31. The molecule has 1 fully saturated rings. The van der Waals surface area contributed by atoms with Crippen LogP contribution >= 0.6 is 0 Å². The molecule has 1 atom stereocenters. The summed E-state index contributed by atoms with van der Waals surface area (Å²) >= 11 is 0. The van der Waals surface area contributed by atoms with Crippen LogP contribution in [0.4, 0.5) is 10.1 Å². The molecule has 0 unspecified atom stereocenters. The van der Waals surface area contributed by atoms with Crippen molar-refractivity contribution < 1.29 is 17.6 Å². The van der Waals surface area contributed by atoms with E-state index in [1.807, 2.05) is 13.0 Å². The predicted octanol–water partition coefficient (Wildman–Crippen LogP) is 2.66. The van der Waals surface area contributed by atoms with Gasteiger partial charge < -0.3 is 10.3 Å². The van der Waals surface area contributed by atoms with E-state index in [-0.39, 0.29) is 23.9 Å². The molecule has 1 aromatic heterocycles. The maximum atomic E-state index is 13.1. The summed E-state index contributed by atoms with van der Waals surface area (Å²) in [5, 5.41) is 2.85. The number of carbonyl (C=O) groups excluding carboxylic acids is 1. The molecule has 1 aliphatic heterocycles. The van der Waals surface area contributed by atoms with Gasteiger partial charge in [0.2, 0.25) is 15.9 Å². The number of nitrogens with zero attached hydrogens (tertiary/aromatic N) is 2. The Hall–Kier alpha value is -2.78. The zero-order valence-corrected chi connectivity index (χ0v) is 16.0. The number of benzene rings is 2. The van der Waals surface area contributed by atoms with Gasteiger partial charge in [0, 0.05) is 18.8 Å². The summed E-state index contributed by atoms with van der Waals surface area (Å²) in [5.41, 5.74) is 2.26. The fraction of sp³-hybridized carbons (Fsp3) is 0.263. The average Bonchev–Trinajstić information content (AvgIpc) is 3.28. The van der Waals surface area contributed by atoms with Crippen LogP contribution in [-0.2, 0) is 14.8 Å². The third-order valence-electron chi connectivity index (χ3n) is 4.84. The maximum absolute atomic E-state index is 13.1. The number of nitrogens with one attached hydrogen (secondary N) is 2. The smallest absolute Gasteiger partial charge is 0.243 e. The van der Waals surface area contributed by atoms with Crippen molar-refractivity contribution in [1.29, 1.82) is 0 Å². The van der Waals surface area contributed by atoms with Gasteiger partial charge in [-0.2, -0.15) is 4.31 Å². The van der Waals surface area contributed by atoms with E-state index in [2.05, 4.69) is 15.3 Å². The number of amides is 1. The van der Waals surface area contributed by atoms with Gasteiger partial charge in [-0.3, -0.25) is 4.79 Å². The van der Waals surface area contributed by atoms with Crippen molar-refractivity contribution in [2.24, 2.45) is 5.92 Å². The first kappa shape index (κ1) is 18.6. The predicted molar refractivity (Wildman–Crippen MR) is 103 cm³/mol. The molecule has 9 heteroatoms. The summed E-state index contributed by atoms with van der Waals surface area (Å²) in [5.74, 6) is -0.389. The number of halogens is 1. The topological polar surface area (TPSA) is 95.2 Å². The molecular weight excluding hydrogens is 383 g/mol. The van der Waals surface area contributed by atoms with E-state index >= 15 is 0 Å². The molecule has 0 aliphatic carbocycles. The highest BCUT2D eigenvalue weighted by Gasteiger charge is 2.35. The fourth-order valence-corrected chi connectivity index (χ4v) is 4.88. The Kier molecular flexibility index (Phi) is 4.64. The number of rotatable bonds is 4. The summed E-state index contributed by atoms with van der Waals surface area (Å²) < 4.78 is 39.7. The Morgan fingerprint density at radius 1 is 1.25 bits per heavy atom. The number of H-pyrrole nitrogens is 1. The number of imidazole rings is 1. The summed E-state index contributed by atoms with van der Waals surface area (Å²) in [6.07, 6.45) is 0.428. The van der Waals surface area contributed by atoms with E-state index in [4.69, 9.17) is 0 Å². The van der Waals surface area contributed by atoms with Crippen LogP contribution in [0.3, 0.4) is 0 Å². The molecule has 1 aliphatic rings. The van der Waals surface area contributed by atoms with Crippen LogP contribution < -0.4 is 5.32 Å². The Morgan fingerprint density at radius 2 is 2.00 bits per heavy atom. The van der Waals surface area contributed by atoms with E-state index in [1.54, 1.807) is 12.1 Å². The lowest BCUT2D eigenvalue weighted by Gasteiger charge is -2.16. The van der Waals surface area contributed by atoms with Gasteiger partial charge in [-0.05, 0) is 55.8 Å². The number of hydrogen-bond donors (Lipinski definition) is 2. The molecule has 0 saturated carbocycles. The van der Waals surface area contributed by atoms with Gasteiger partial charge in [-0.25, -0.2) is 17.8 Å². The molecule has 2 N–H and O–H groups in total. The number of hydrogen-bond acceptors (Lipinski definition) is 4. The summed E-state index contributed by atoms with van der Waals surface area (Å²) in [7, 11) is -3.75. The van der Waals surface area contributed by atoms with Crippen LogP contribution in [0.1, 0.15) is 12.2 Å². The summed E-state index contributed by atoms with van der Waals surface area (Å²) in [4.78, 5) is 20.1. The second-order valence-electron chi connectivity index (χ2n) is 6.85. The standard InChI is InChI=1S/C19H19FN4O3S/c1-12-21-17-7-4-15(10-18(17)22-12)23-19(25)13-8-9-24(11-13)28(26,27)16-5-2-14(20)3-6-16/h2-7,10,13H,8-9,11H2,1H3,(H,21,22)(H,23,25)/t13-/m0/s1. The molecule has 3 aromatic rings. The number of aryl methyl sites for hydroxylation is 1. The van der Waals surface area contributed by atoms with E-state index < -0.39 is 21.8 Å². The average molecular weight is 402 g/mol. The first-order valence-corrected chi connectivity index (χ1v) is 10.3.